The molecule has 1 aromatic carbocycles. The van der Waals surface area contributed by atoms with Gasteiger partial charge in [0, 0.05) is 49.7 Å². The number of halogens is 3. The fourth-order valence-electron chi connectivity index (χ4n) is 3.63. The summed E-state index contributed by atoms with van der Waals surface area (Å²) in [6.45, 7) is 2.85. The van der Waals surface area contributed by atoms with Gasteiger partial charge in [0.1, 0.15) is 0 Å². The van der Waals surface area contributed by atoms with Crippen molar-refractivity contribution in [3.05, 3.63) is 60.7 Å². The number of amides is 2. The lowest BCUT2D eigenvalue weighted by Crippen LogP contribution is -2.47. The lowest BCUT2D eigenvalue weighted by atomic mass is 10.1. The van der Waals surface area contributed by atoms with E-state index in [0.29, 0.717) is 18.8 Å². The summed E-state index contributed by atoms with van der Waals surface area (Å²) in [5.41, 5.74) is 1.07. The SMILES string of the molecule is CN1CCN(CC(=O)Nc2cc(C(=O)Nc3cnc(-c4ccncc4)cn3)ccc2OC(F)(F)F)CC1. The maximum atomic E-state index is 12.9. The first-order chi connectivity index (χ1) is 17.7. The van der Waals surface area contributed by atoms with E-state index in [9.17, 15) is 22.8 Å². The number of hydrogen-bond donors (Lipinski definition) is 2. The van der Waals surface area contributed by atoms with Gasteiger partial charge in [-0.05, 0) is 37.4 Å². The Balaban J connectivity index is 1.47. The molecule has 10 nitrogen and oxygen atoms in total. The molecule has 0 aliphatic carbocycles. The molecular formula is C24H24F3N7O3. The molecule has 2 N–H and O–H groups in total. The second kappa shape index (κ2) is 11.3. The van der Waals surface area contributed by atoms with Gasteiger partial charge in [-0.3, -0.25) is 24.5 Å². The molecule has 0 bridgehead atoms. The number of likely N-dealkylation sites (N-methyl/N-ethyl adjacent to an activating group) is 1. The minimum Gasteiger partial charge on any atom is -0.404 e. The monoisotopic (exact) mass is 515 g/mol. The van der Waals surface area contributed by atoms with Crippen LogP contribution in [-0.2, 0) is 4.79 Å². The number of aromatic nitrogens is 3. The number of nitrogens with zero attached hydrogens (tertiary/aromatic N) is 5. The number of benzene rings is 1. The van der Waals surface area contributed by atoms with Crippen LogP contribution in [0.2, 0.25) is 0 Å². The Morgan fingerprint density at radius 1 is 1.00 bits per heavy atom. The van der Waals surface area contributed by atoms with Crippen molar-refractivity contribution < 1.29 is 27.5 Å². The molecule has 4 rings (SSSR count). The van der Waals surface area contributed by atoms with Crippen molar-refractivity contribution >= 4 is 23.3 Å². The van der Waals surface area contributed by atoms with E-state index in [1.807, 2.05) is 11.9 Å². The normalized spacial score (nSPS) is 14.7. The number of pyridine rings is 1. The average Bonchev–Trinajstić information content (AvgIpc) is 2.86. The summed E-state index contributed by atoms with van der Waals surface area (Å²) < 4.78 is 42.8. The number of rotatable bonds is 7. The topological polar surface area (TPSA) is 113 Å². The van der Waals surface area contributed by atoms with Crippen LogP contribution in [0.4, 0.5) is 24.7 Å². The van der Waals surface area contributed by atoms with Crippen LogP contribution in [0.5, 0.6) is 5.75 Å². The number of ether oxygens (including phenoxy) is 1. The molecule has 0 saturated carbocycles. The first-order valence-electron chi connectivity index (χ1n) is 11.3. The van der Waals surface area contributed by atoms with Gasteiger partial charge in [0.2, 0.25) is 5.91 Å². The Kier molecular flexibility index (Phi) is 7.94. The third-order valence-corrected chi connectivity index (χ3v) is 5.57. The Hall–Kier alpha value is -4.10. The molecule has 2 amide bonds. The van der Waals surface area contributed by atoms with Crippen molar-refractivity contribution in [1.82, 2.24) is 24.8 Å². The van der Waals surface area contributed by atoms with Crippen LogP contribution >= 0.6 is 0 Å². The molecule has 3 aromatic rings. The van der Waals surface area contributed by atoms with Crippen LogP contribution in [0.15, 0.2) is 55.1 Å². The minimum absolute atomic E-state index is 0.00482. The smallest absolute Gasteiger partial charge is 0.404 e. The van der Waals surface area contributed by atoms with E-state index in [1.54, 1.807) is 24.5 Å². The molecule has 3 heterocycles. The largest absolute Gasteiger partial charge is 0.573 e. The fraction of sp³-hybridized carbons (Fsp3) is 0.292. The van der Waals surface area contributed by atoms with Crippen molar-refractivity contribution in [2.45, 2.75) is 6.36 Å². The Labute approximate surface area is 210 Å². The van der Waals surface area contributed by atoms with Crippen molar-refractivity contribution in [2.75, 3.05) is 50.4 Å². The maximum absolute atomic E-state index is 12.9. The molecule has 2 aromatic heterocycles. The van der Waals surface area contributed by atoms with Gasteiger partial charge in [-0.2, -0.15) is 0 Å². The standard InChI is InChI=1S/C24H24F3N7O3/c1-33-8-10-34(11-9-33)15-22(35)31-18-12-17(2-3-20(18)37-24(25,26)27)23(36)32-21-14-29-19(13-30-21)16-4-6-28-7-5-16/h2-7,12-14H,8-11,15H2,1H3,(H,31,35)(H,30,32,36). The molecular weight excluding hydrogens is 491 g/mol. The number of carbonyl (C=O) groups is 2. The zero-order valence-electron chi connectivity index (χ0n) is 19.8. The van der Waals surface area contributed by atoms with Gasteiger partial charge in [0.05, 0.1) is 30.3 Å². The summed E-state index contributed by atoms with van der Waals surface area (Å²) in [5.74, 6) is -1.66. The zero-order valence-corrected chi connectivity index (χ0v) is 19.8. The van der Waals surface area contributed by atoms with Crippen LogP contribution in [0, 0.1) is 0 Å². The van der Waals surface area contributed by atoms with E-state index >= 15 is 0 Å². The van der Waals surface area contributed by atoms with Crippen LogP contribution in [0.25, 0.3) is 11.3 Å². The third kappa shape index (κ3) is 7.44. The summed E-state index contributed by atoms with van der Waals surface area (Å²) in [7, 11) is 1.97. The average molecular weight is 515 g/mol. The number of nitrogens with one attached hydrogen (secondary N) is 2. The van der Waals surface area contributed by atoms with Crippen molar-refractivity contribution in [1.29, 1.82) is 0 Å². The second-order valence-corrected chi connectivity index (χ2v) is 8.36. The highest BCUT2D eigenvalue weighted by Crippen LogP contribution is 2.31. The predicted molar refractivity (Wildman–Crippen MR) is 129 cm³/mol. The first-order valence-corrected chi connectivity index (χ1v) is 11.3. The van der Waals surface area contributed by atoms with Crippen LogP contribution in [0.3, 0.4) is 0 Å². The van der Waals surface area contributed by atoms with Gasteiger partial charge in [-0.15, -0.1) is 13.2 Å². The Morgan fingerprint density at radius 2 is 1.73 bits per heavy atom. The van der Waals surface area contributed by atoms with Crippen molar-refractivity contribution in [3.8, 4) is 17.0 Å². The van der Waals surface area contributed by atoms with E-state index in [2.05, 4.69) is 35.2 Å². The molecule has 13 heteroatoms. The van der Waals surface area contributed by atoms with E-state index in [0.717, 1.165) is 36.9 Å². The highest BCUT2D eigenvalue weighted by molar-refractivity contribution is 6.05. The molecule has 0 radical (unpaired) electrons. The highest BCUT2D eigenvalue weighted by Gasteiger charge is 2.32. The lowest BCUT2D eigenvalue weighted by Gasteiger charge is -2.31. The van der Waals surface area contributed by atoms with Gasteiger partial charge >= 0.3 is 6.36 Å². The van der Waals surface area contributed by atoms with Crippen molar-refractivity contribution in [3.63, 3.8) is 0 Å². The minimum atomic E-state index is -4.98. The van der Waals surface area contributed by atoms with Crippen LogP contribution in [0.1, 0.15) is 10.4 Å². The molecule has 0 unspecified atom stereocenters. The summed E-state index contributed by atoms with van der Waals surface area (Å²) in [4.78, 5) is 41.7. The highest BCUT2D eigenvalue weighted by atomic mass is 19.4. The van der Waals surface area contributed by atoms with E-state index in [4.69, 9.17) is 0 Å². The lowest BCUT2D eigenvalue weighted by molar-refractivity contribution is -0.274. The summed E-state index contributed by atoms with van der Waals surface area (Å²) in [6.07, 6.45) is 1.07. The summed E-state index contributed by atoms with van der Waals surface area (Å²) in [5, 5.41) is 4.99. The molecule has 1 aliphatic rings. The molecule has 194 valence electrons. The summed E-state index contributed by atoms with van der Waals surface area (Å²) >= 11 is 0. The molecule has 37 heavy (non-hydrogen) atoms. The number of anilines is 2. The second-order valence-electron chi connectivity index (χ2n) is 8.36. The molecule has 1 aliphatic heterocycles. The predicted octanol–water partition coefficient (Wildman–Crippen LogP) is 2.88. The molecule has 0 atom stereocenters. The van der Waals surface area contributed by atoms with Crippen molar-refractivity contribution in [2.24, 2.45) is 0 Å². The van der Waals surface area contributed by atoms with Crippen LogP contribution in [-0.4, -0.2) is 82.7 Å². The fourth-order valence-corrected chi connectivity index (χ4v) is 3.63. The maximum Gasteiger partial charge on any atom is 0.573 e. The number of hydrogen-bond acceptors (Lipinski definition) is 8. The quantitative estimate of drug-likeness (QED) is 0.494. The van der Waals surface area contributed by atoms with E-state index in [-0.39, 0.29) is 23.6 Å². The number of piperazine rings is 1. The Morgan fingerprint density at radius 3 is 2.38 bits per heavy atom. The van der Waals surface area contributed by atoms with Crippen LogP contribution < -0.4 is 15.4 Å². The third-order valence-electron chi connectivity index (χ3n) is 5.57. The van der Waals surface area contributed by atoms with Gasteiger partial charge < -0.3 is 20.3 Å². The molecule has 0 spiro atoms. The first kappa shape index (κ1) is 26.0. The summed E-state index contributed by atoms with van der Waals surface area (Å²) in [6, 6.07) is 6.77. The van der Waals surface area contributed by atoms with Gasteiger partial charge in [0.15, 0.2) is 11.6 Å². The zero-order chi connectivity index (χ0) is 26.4. The molecule has 1 saturated heterocycles. The van der Waals surface area contributed by atoms with Gasteiger partial charge in [-0.1, -0.05) is 0 Å². The van der Waals surface area contributed by atoms with E-state index in [1.165, 1.54) is 12.4 Å². The Bertz CT molecular complexity index is 1230. The van der Waals surface area contributed by atoms with Gasteiger partial charge in [0.25, 0.3) is 5.91 Å². The molecule has 1 fully saturated rings. The van der Waals surface area contributed by atoms with E-state index < -0.39 is 23.9 Å². The van der Waals surface area contributed by atoms with Gasteiger partial charge in [-0.25, -0.2) is 4.98 Å². The number of carbonyl (C=O) groups excluding carboxylic acids is 2. The number of alkyl halides is 3.